The Morgan fingerprint density at radius 2 is 1.83 bits per heavy atom. The van der Waals surface area contributed by atoms with Crippen molar-refractivity contribution in [3.63, 3.8) is 0 Å². The third kappa shape index (κ3) is 3.43. The minimum Gasteiger partial charge on any atom is -0.276 e. The highest BCUT2D eigenvalue weighted by atomic mass is 35.5. The lowest BCUT2D eigenvalue weighted by Crippen LogP contribution is -1.96. The molecule has 0 unspecified atom stereocenters. The Kier molecular flexibility index (Phi) is 4.73. The highest BCUT2D eigenvalue weighted by Crippen LogP contribution is 2.26. The van der Waals surface area contributed by atoms with Gasteiger partial charge in [-0.2, -0.15) is 0 Å². The van der Waals surface area contributed by atoms with E-state index in [1.807, 2.05) is 24.3 Å². The first kappa shape index (κ1) is 15.7. The highest BCUT2D eigenvalue weighted by molar-refractivity contribution is 6.68. The van der Waals surface area contributed by atoms with Crippen LogP contribution in [0.25, 0.3) is 22.2 Å². The van der Waals surface area contributed by atoms with Gasteiger partial charge in [0.1, 0.15) is 0 Å². The summed E-state index contributed by atoms with van der Waals surface area (Å²) < 4.78 is 0. The van der Waals surface area contributed by atoms with Gasteiger partial charge in [0.15, 0.2) is 0 Å². The number of halogens is 1. The summed E-state index contributed by atoms with van der Waals surface area (Å²) in [6.45, 7) is 2.19. The van der Waals surface area contributed by atoms with Gasteiger partial charge in [0.25, 0.3) is 5.24 Å². The van der Waals surface area contributed by atoms with Crippen LogP contribution in [0.3, 0.4) is 0 Å². The molecule has 23 heavy (non-hydrogen) atoms. The van der Waals surface area contributed by atoms with Crippen molar-refractivity contribution in [3.8, 4) is 11.3 Å². The Labute approximate surface area is 141 Å². The van der Waals surface area contributed by atoms with Crippen LogP contribution in [0.15, 0.2) is 54.6 Å². The molecule has 3 rings (SSSR count). The van der Waals surface area contributed by atoms with Crippen molar-refractivity contribution in [2.45, 2.75) is 26.2 Å². The number of fused-ring (bicyclic) bond motifs is 1. The number of hydrogen-bond acceptors (Lipinski definition) is 2. The van der Waals surface area contributed by atoms with Gasteiger partial charge < -0.3 is 0 Å². The molecule has 0 saturated heterocycles. The van der Waals surface area contributed by atoms with E-state index in [-0.39, 0.29) is 0 Å². The van der Waals surface area contributed by atoms with Gasteiger partial charge >= 0.3 is 0 Å². The Bertz CT molecular complexity index is 840. The van der Waals surface area contributed by atoms with Crippen LogP contribution in [-0.2, 0) is 6.42 Å². The lowest BCUT2D eigenvalue weighted by Gasteiger charge is -2.08. The largest absolute Gasteiger partial charge is 0.276 e. The summed E-state index contributed by atoms with van der Waals surface area (Å²) in [5, 5.41) is 0.334. The number of pyridine rings is 1. The van der Waals surface area contributed by atoms with E-state index in [1.54, 1.807) is 6.07 Å². The summed E-state index contributed by atoms with van der Waals surface area (Å²) in [5.74, 6) is 0. The van der Waals surface area contributed by atoms with Crippen molar-refractivity contribution >= 4 is 27.7 Å². The zero-order valence-corrected chi connectivity index (χ0v) is 13.8. The molecular formula is C20H18ClNO. The molecule has 0 amide bonds. The maximum absolute atomic E-state index is 11.8. The van der Waals surface area contributed by atoms with E-state index in [2.05, 4.69) is 36.2 Å². The second-order valence-electron chi connectivity index (χ2n) is 5.65. The first-order valence-corrected chi connectivity index (χ1v) is 8.26. The molecule has 1 aromatic heterocycles. The molecular weight excluding hydrogens is 306 g/mol. The molecule has 3 aromatic rings. The van der Waals surface area contributed by atoms with Crippen molar-refractivity contribution in [1.29, 1.82) is 0 Å². The zero-order valence-electron chi connectivity index (χ0n) is 13.1. The monoisotopic (exact) mass is 323 g/mol. The van der Waals surface area contributed by atoms with E-state index in [0.717, 1.165) is 28.6 Å². The normalized spacial score (nSPS) is 10.9. The topological polar surface area (TPSA) is 30.0 Å². The Morgan fingerprint density at radius 1 is 1.09 bits per heavy atom. The molecule has 0 bridgehead atoms. The average Bonchev–Trinajstić information content (AvgIpc) is 2.59. The number of rotatable bonds is 5. The number of benzene rings is 2. The molecule has 0 N–H and O–H groups in total. The predicted octanol–water partition coefficient (Wildman–Crippen LogP) is 5.62. The molecule has 0 spiro atoms. The Morgan fingerprint density at radius 3 is 2.52 bits per heavy atom. The molecule has 0 fully saturated rings. The fraction of sp³-hybridized carbons (Fsp3) is 0.200. The molecule has 1 heterocycles. The molecule has 2 aromatic carbocycles. The zero-order chi connectivity index (χ0) is 16.2. The summed E-state index contributed by atoms with van der Waals surface area (Å²) in [5.41, 5.74) is 4.38. The summed E-state index contributed by atoms with van der Waals surface area (Å²) in [6, 6.07) is 17.7. The van der Waals surface area contributed by atoms with Crippen LogP contribution < -0.4 is 0 Å². The van der Waals surface area contributed by atoms with Crippen LogP contribution in [0.2, 0.25) is 0 Å². The molecule has 0 saturated carbocycles. The Balaban J connectivity index is 2.04. The van der Waals surface area contributed by atoms with Crippen molar-refractivity contribution in [3.05, 3.63) is 65.7 Å². The molecule has 0 atom stereocenters. The number of carbonyl (C=O) groups is 1. The quantitative estimate of drug-likeness (QED) is 0.570. The van der Waals surface area contributed by atoms with Gasteiger partial charge in [0.05, 0.1) is 11.2 Å². The SMILES string of the molecule is CCCCc1ccc(-c2cc(C(=O)Cl)c3ccccc3n2)cc1. The van der Waals surface area contributed by atoms with Crippen molar-refractivity contribution in [2.24, 2.45) is 0 Å². The standard InChI is InChI=1S/C20H18ClNO/c1-2-3-6-14-9-11-15(12-10-14)19-13-17(20(21)23)16-7-4-5-8-18(16)22-19/h4-5,7-13H,2-3,6H2,1H3. The van der Waals surface area contributed by atoms with Gasteiger partial charge in [0, 0.05) is 16.5 Å². The average molecular weight is 324 g/mol. The van der Waals surface area contributed by atoms with E-state index < -0.39 is 5.24 Å². The number of para-hydroxylation sites is 1. The number of hydrogen-bond donors (Lipinski definition) is 0. The fourth-order valence-electron chi connectivity index (χ4n) is 2.71. The molecule has 0 radical (unpaired) electrons. The first-order chi connectivity index (χ1) is 11.2. The molecule has 2 nitrogen and oxygen atoms in total. The fourth-order valence-corrected chi connectivity index (χ4v) is 2.87. The van der Waals surface area contributed by atoms with Crippen molar-refractivity contribution in [1.82, 2.24) is 4.98 Å². The number of carbonyl (C=O) groups excluding carboxylic acids is 1. The summed E-state index contributed by atoms with van der Waals surface area (Å²) in [7, 11) is 0. The molecule has 0 aliphatic rings. The van der Waals surface area contributed by atoms with Crippen LogP contribution >= 0.6 is 11.6 Å². The summed E-state index contributed by atoms with van der Waals surface area (Å²) >= 11 is 5.76. The first-order valence-electron chi connectivity index (χ1n) is 7.88. The van der Waals surface area contributed by atoms with E-state index in [1.165, 1.54) is 18.4 Å². The summed E-state index contributed by atoms with van der Waals surface area (Å²) in [4.78, 5) is 16.4. The second kappa shape index (κ2) is 6.93. The van der Waals surface area contributed by atoms with Crippen LogP contribution in [0.5, 0.6) is 0 Å². The van der Waals surface area contributed by atoms with Crippen LogP contribution in [0.4, 0.5) is 0 Å². The van der Waals surface area contributed by atoms with Crippen LogP contribution in [0.1, 0.15) is 35.7 Å². The maximum Gasteiger partial charge on any atom is 0.253 e. The number of nitrogens with zero attached hydrogens (tertiary/aromatic N) is 1. The number of unbranched alkanes of at least 4 members (excludes halogenated alkanes) is 1. The number of aromatic nitrogens is 1. The lowest BCUT2D eigenvalue weighted by molar-refractivity contribution is 0.108. The van der Waals surface area contributed by atoms with Gasteiger partial charge in [-0.15, -0.1) is 0 Å². The van der Waals surface area contributed by atoms with Crippen molar-refractivity contribution < 1.29 is 4.79 Å². The molecule has 0 aliphatic carbocycles. The smallest absolute Gasteiger partial charge is 0.253 e. The molecule has 116 valence electrons. The van der Waals surface area contributed by atoms with Gasteiger partial charge in [-0.05, 0) is 42.1 Å². The lowest BCUT2D eigenvalue weighted by atomic mass is 10.0. The predicted molar refractivity (Wildman–Crippen MR) is 96.0 cm³/mol. The van der Waals surface area contributed by atoms with Gasteiger partial charge in [-0.3, -0.25) is 4.79 Å². The van der Waals surface area contributed by atoms with Gasteiger partial charge in [-0.25, -0.2) is 4.98 Å². The van der Waals surface area contributed by atoms with Gasteiger partial charge in [0.2, 0.25) is 0 Å². The second-order valence-corrected chi connectivity index (χ2v) is 5.99. The molecule has 3 heteroatoms. The minimum atomic E-state index is -0.454. The van der Waals surface area contributed by atoms with Gasteiger partial charge in [-0.1, -0.05) is 55.8 Å². The minimum absolute atomic E-state index is 0.454. The summed E-state index contributed by atoms with van der Waals surface area (Å²) in [6.07, 6.45) is 3.47. The Hall–Kier alpha value is -2.19. The van der Waals surface area contributed by atoms with Crippen LogP contribution in [0, 0.1) is 0 Å². The van der Waals surface area contributed by atoms with Crippen molar-refractivity contribution in [2.75, 3.05) is 0 Å². The van der Waals surface area contributed by atoms with E-state index in [9.17, 15) is 4.79 Å². The maximum atomic E-state index is 11.8. The number of aryl methyl sites for hydroxylation is 1. The van der Waals surface area contributed by atoms with E-state index in [0.29, 0.717) is 5.56 Å². The third-order valence-corrected chi connectivity index (χ3v) is 4.20. The highest BCUT2D eigenvalue weighted by Gasteiger charge is 2.11. The van der Waals surface area contributed by atoms with E-state index in [4.69, 9.17) is 11.6 Å². The van der Waals surface area contributed by atoms with Crippen LogP contribution in [-0.4, -0.2) is 10.2 Å². The third-order valence-electron chi connectivity index (χ3n) is 4.00. The van der Waals surface area contributed by atoms with E-state index >= 15 is 0 Å². The molecule has 0 aliphatic heterocycles.